The third kappa shape index (κ3) is 5.27. The van der Waals surface area contributed by atoms with Gasteiger partial charge in [-0.05, 0) is 36.2 Å². The fourth-order valence-electron chi connectivity index (χ4n) is 4.16. The molecule has 1 saturated heterocycles. The normalized spacial score (nSPS) is 16.1. The second kappa shape index (κ2) is 10.2. The molecule has 2 aromatic carbocycles. The van der Waals surface area contributed by atoms with E-state index >= 15 is 0 Å². The molecule has 8 heteroatoms. The molecule has 0 aliphatic carbocycles. The van der Waals surface area contributed by atoms with Gasteiger partial charge in [0.05, 0.1) is 24.4 Å². The molecule has 5 rings (SSSR count). The Morgan fingerprint density at radius 2 is 1.91 bits per heavy atom. The number of nitrogens with zero attached hydrogens (tertiary/aromatic N) is 4. The van der Waals surface area contributed by atoms with Crippen molar-refractivity contribution in [2.24, 2.45) is 0 Å². The van der Waals surface area contributed by atoms with E-state index in [0.717, 1.165) is 54.8 Å². The van der Waals surface area contributed by atoms with Gasteiger partial charge in [-0.3, -0.25) is 18.9 Å². The SMILES string of the molecule is Cl.O=c1cc(OCc2ccccc2)ccn1-c1ccc2c(cnn2CCN2CC[C@H](O)C2)c1. The molecule has 0 unspecified atom stereocenters. The highest BCUT2D eigenvalue weighted by Gasteiger charge is 2.19. The zero-order valence-corrected chi connectivity index (χ0v) is 19.0. The van der Waals surface area contributed by atoms with E-state index in [1.165, 1.54) is 6.07 Å². The number of ether oxygens (including phenoxy) is 1. The van der Waals surface area contributed by atoms with Crippen molar-refractivity contribution in [1.29, 1.82) is 0 Å². The molecule has 0 spiro atoms. The number of aliphatic hydroxyl groups excluding tert-OH is 1. The molecule has 7 nitrogen and oxygen atoms in total. The van der Waals surface area contributed by atoms with E-state index < -0.39 is 0 Å². The number of likely N-dealkylation sites (tertiary alicyclic amines) is 1. The Labute approximate surface area is 198 Å². The average molecular weight is 467 g/mol. The van der Waals surface area contributed by atoms with Gasteiger partial charge < -0.3 is 9.84 Å². The molecule has 1 aliphatic heterocycles. The first-order valence-corrected chi connectivity index (χ1v) is 10.9. The smallest absolute Gasteiger partial charge is 0.258 e. The molecule has 1 N–H and O–H groups in total. The monoisotopic (exact) mass is 466 g/mol. The van der Waals surface area contributed by atoms with Crippen LogP contribution in [0.3, 0.4) is 0 Å². The highest BCUT2D eigenvalue weighted by Crippen LogP contribution is 2.19. The van der Waals surface area contributed by atoms with E-state index in [1.807, 2.05) is 65.5 Å². The van der Waals surface area contributed by atoms with Crippen molar-refractivity contribution in [2.45, 2.75) is 25.7 Å². The maximum absolute atomic E-state index is 12.7. The lowest BCUT2D eigenvalue weighted by molar-refractivity contribution is 0.175. The standard InChI is InChI=1S/C25H26N4O3.ClH/c30-22-8-10-27(17-22)12-13-29-24-7-6-21(14-20(24)16-26-29)28-11-9-23(15-25(28)31)32-18-19-4-2-1-3-5-19;/h1-7,9,11,14-16,22,30H,8,10,12-13,17-18H2;1H/t22-;/m0./s1. The van der Waals surface area contributed by atoms with Crippen LogP contribution in [0.15, 0.2) is 77.9 Å². The van der Waals surface area contributed by atoms with Crippen LogP contribution < -0.4 is 10.3 Å². The summed E-state index contributed by atoms with van der Waals surface area (Å²) in [5, 5.41) is 15.2. The van der Waals surface area contributed by atoms with E-state index in [0.29, 0.717) is 12.4 Å². The highest BCUT2D eigenvalue weighted by atomic mass is 35.5. The molecule has 1 fully saturated rings. The first kappa shape index (κ1) is 23.0. The van der Waals surface area contributed by atoms with E-state index in [-0.39, 0.29) is 24.1 Å². The molecule has 2 aromatic heterocycles. The number of rotatable bonds is 7. The number of hydrogen-bond donors (Lipinski definition) is 1. The van der Waals surface area contributed by atoms with E-state index in [1.54, 1.807) is 10.8 Å². The largest absolute Gasteiger partial charge is 0.489 e. The van der Waals surface area contributed by atoms with Crippen LogP contribution in [-0.4, -0.2) is 50.1 Å². The summed E-state index contributed by atoms with van der Waals surface area (Å²) in [5.41, 5.74) is 2.73. The van der Waals surface area contributed by atoms with Crippen LogP contribution in [0.2, 0.25) is 0 Å². The number of fused-ring (bicyclic) bond motifs is 1. The summed E-state index contributed by atoms with van der Waals surface area (Å²) in [6.07, 6.45) is 4.21. The molecule has 4 aromatic rings. The maximum Gasteiger partial charge on any atom is 0.258 e. The van der Waals surface area contributed by atoms with E-state index in [2.05, 4.69) is 10.00 Å². The van der Waals surface area contributed by atoms with Crippen LogP contribution in [0.25, 0.3) is 16.6 Å². The maximum atomic E-state index is 12.7. The molecule has 33 heavy (non-hydrogen) atoms. The van der Waals surface area contributed by atoms with E-state index in [9.17, 15) is 9.90 Å². The third-order valence-corrected chi connectivity index (χ3v) is 5.92. The molecule has 1 atom stereocenters. The van der Waals surface area contributed by atoms with Gasteiger partial charge in [0.2, 0.25) is 0 Å². The predicted molar refractivity (Wildman–Crippen MR) is 130 cm³/mol. The zero-order valence-electron chi connectivity index (χ0n) is 18.2. The quantitative estimate of drug-likeness (QED) is 0.452. The van der Waals surface area contributed by atoms with Crippen molar-refractivity contribution in [3.63, 3.8) is 0 Å². The third-order valence-electron chi connectivity index (χ3n) is 5.92. The van der Waals surface area contributed by atoms with E-state index in [4.69, 9.17) is 4.74 Å². The van der Waals surface area contributed by atoms with Gasteiger partial charge in [-0.15, -0.1) is 12.4 Å². The summed E-state index contributed by atoms with van der Waals surface area (Å²) in [6, 6.07) is 19.1. The summed E-state index contributed by atoms with van der Waals surface area (Å²) in [6.45, 7) is 3.71. The lowest BCUT2D eigenvalue weighted by atomic mass is 10.2. The van der Waals surface area contributed by atoms with Crippen LogP contribution in [0.1, 0.15) is 12.0 Å². The summed E-state index contributed by atoms with van der Waals surface area (Å²) in [4.78, 5) is 15.0. The summed E-state index contributed by atoms with van der Waals surface area (Å²) < 4.78 is 9.35. The summed E-state index contributed by atoms with van der Waals surface area (Å²) in [7, 11) is 0. The molecule has 3 heterocycles. The van der Waals surface area contributed by atoms with Crippen LogP contribution in [0.4, 0.5) is 0 Å². The lowest BCUT2D eigenvalue weighted by Gasteiger charge is -2.15. The van der Waals surface area contributed by atoms with Crippen molar-refractivity contribution < 1.29 is 9.84 Å². The lowest BCUT2D eigenvalue weighted by Crippen LogP contribution is -2.26. The fourth-order valence-corrected chi connectivity index (χ4v) is 4.16. The Bertz CT molecular complexity index is 1270. The predicted octanol–water partition coefficient (Wildman–Crippen LogP) is 3.25. The van der Waals surface area contributed by atoms with Gasteiger partial charge in [-0.25, -0.2) is 0 Å². The molecule has 0 radical (unpaired) electrons. The Balaban J connectivity index is 0.00000259. The molecular formula is C25H27ClN4O3. The number of aromatic nitrogens is 3. The molecular weight excluding hydrogens is 440 g/mol. The minimum absolute atomic E-state index is 0. The number of hydrogen-bond acceptors (Lipinski definition) is 5. The van der Waals surface area contributed by atoms with Gasteiger partial charge in [-0.1, -0.05) is 30.3 Å². The number of aliphatic hydroxyl groups is 1. The average Bonchev–Trinajstić information content (AvgIpc) is 3.42. The van der Waals surface area contributed by atoms with Crippen molar-refractivity contribution in [1.82, 2.24) is 19.2 Å². The number of benzene rings is 2. The van der Waals surface area contributed by atoms with Crippen LogP contribution in [-0.2, 0) is 13.2 Å². The number of halogens is 1. The minimum atomic E-state index is -0.208. The molecule has 0 saturated carbocycles. The van der Waals surface area contributed by atoms with Crippen LogP contribution >= 0.6 is 12.4 Å². The van der Waals surface area contributed by atoms with Gasteiger partial charge in [0, 0.05) is 43.0 Å². The summed E-state index contributed by atoms with van der Waals surface area (Å²) in [5.74, 6) is 0.552. The van der Waals surface area contributed by atoms with Crippen molar-refractivity contribution >= 4 is 23.3 Å². The van der Waals surface area contributed by atoms with Gasteiger partial charge in [0.25, 0.3) is 5.56 Å². The Hall–Kier alpha value is -3.13. The minimum Gasteiger partial charge on any atom is -0.489 e. The van der Waals surface area contributed by atoms with Gasteiger partial charge in [0.15, 0.2) is 0 Å². The van der Waals surface area contributed by atoms with Crippen molar-refractivity contribution in [2.75, 3.05) is 19.6 Å². The summed E-state index contributed by atoms with van der Waals surface area (Å²) >= 11 is 0. The Kier molecular flexibility index (Phi) is 7.13. The highest BCUT2D eigenvalue weighted by molar-refractivity contribution is 5.85. The molecule has 0 amide bonds. The zero-order chi connectivity index (χ0) is 21.9. The fraction of sp³-hybridized carbons (Fsp3) is 0.280. The molecule has 172 valence electrons. The van der Waals surface area contributed by atoms with Gasteiger partial charge in [0.1, 0.15) is 12.4 Å². The molecule has 0 bridgehead atoms. The Morgan fingerprint density at radius 3 is 2.67 bits per heavy atom. The Morgan fingerprint density at radius 1 is 1.06 bits per heavy atom. The van der Waals surface area contributed by atoms with Crippen LogP contribution in [0.5, 0.6) is 5.75 Å². The van der Waals surface area contributed by atoms with Gasteiger partial charge >= 0.3 is 0 Å². The second-order valence-corrected chi connectivity index (χ2v) is 8.20. The molecule has 1 aliphatic rings. The first-order valence-electron chi connectivity index (χ1n) is 10.9. The van der Waals surface area contributed by atoms with Crippen molar-refractivity contribution in [3.05, 3.63) is 89.0 Å². The number of pyridine rings is 1. The first-order chi connectivity index (χ1) is 15.7. The number of β-amino-alcohol motifs (C(OH)–C–C–N with tert-alkyl or cyclic N) is 1. The topological polar surface area (TPSA) is 72.5 Å². The van der Waals surface area contributed by atoms with Crippen molar-refractivity contribution in [3.8, 4) is 11.4 Å². The second-order valence-electron chi connectivity index (χ2n) is 8.20. The van der Waals surface area contributed by atoms with Crippen LogP contribution in [0, 0.1) is 0 Å². The van der Waals surface area contributed by atoms with Gasteiger partial charge in [-0.2, -0.15) is 5.10 Å².